The van der Waals surface area contributed by atoms with Gasteiger partial charge in [0.05, 0.1) is 24.0 Å². The monoisotopic (exact) mass is 235 g/mol. The Morgan fingerprint density at radius 3 is 2.53 bits per heavy atom. The normalized spacial score (nSPS) is 24.9. The Morgan fingerprint density at radius 1 is 1.47 bits per heavy atom. The summed E-state index contributed by atoms with van der Waals surface area (Å²) in [5.74, 6) is -1.71. The third-order valence-corrected chi connectivity index (χ3v) is 4.04. The molecule has 0 aromatic rings. The lowest BCUT2D eigenvalue weighted by Crippen LogP contribution is -2.51. The van der Waals surface area contributed by atoms with Crippen LogP contribution in [-0.4, -0.2) is 54.4 Å². The molecule has 1 unspecified atom stereocenters. The van der Waals surface area contributed by atoms with Crippen LogP contribution in [0, 0.1) is 0 Å². The van der Waals surface area contributed by atoms with Gasteiger partial charge in [0.2, 0.25) is 5.91 Å². The summed E-state index contributed by atoms with van der Waals surface area (Å²) in [7, 11) is -3.20. The highest BCUT2D eigenvalue weighted by Gasteiger charge is 2.33. The third-order valence-electron chi connectivity index (χ3n) is 2.35. The molecule has 0 aromatic heterocycles. The van der Waals surface area contributed by atoms with Gasteiger partial charge >= 0.3 is 5.97 Å². The molecule has 0 aromatic carbocycles. The van der Waals surface area contributed by atoms with Gasteiger partial charge in [0.15, 0.2) is 9.84 Å². The molecular formula is C8H13NO5S. The van der Waals surface area contributed by atoms with Crippen LogP contribution in [0.1, 0.15) is 13.3 Å². The van der Waals surface area contributed by atoms with Crippen molar-refractivity contribution in [3.05, 3.63) is 0 Å². The summed E-state index contributed by atoms with van der Waals surface area (Å²) in [4.78, 5) is 23.0. The van der Waals surface area contributed by atoms with E-state index in [2.05, 4.69) is 0 Å². The molecule has 0 spiro atoms. The lowest BCUT2D eigenvalue weighted by atomic mass is 10.2. The lowest BCUT2D eigenvalue weighted by molar-refractivity contribution is -0.139. The molecule has 1 saturated heterocycles. The van der Waals surface area contributed by atoms with Crippen LogP contribution in [0.5, 0.6) is 0 Å². The van der Waals surface area contributed by atoms with Crippen LogP contribution in [0.4, 0.5) is 0 Å². The molecule has 1 N–H and O–H groups in total. The van der Waals surface area contributed by atoms with E-state index in [4.69, 9.17) is 5.11 Å². The van der Waals surface area contributed by atoms with E-state index in [9.17, 15) is 18.0 Å². The quantitative estimate of drug-likeness (QED) is 0.670. The molecule has 1 rings (SSSR count). The molecule has 0 radical (unpaired) electrons. The van der Waals surface area contributed by atoms with Crippen molar-refractivity contribution in [3.63, 3.8) is 0 Å². The summed E-state index contributed by atoms with van der Waals surface area (Å²) in [6.45, 7) is 1.41. The SMILES string of the molecule is CC(=O)N1CCS(=O)(=O)CC1CC(=O)O. The van der Waals surface area contributed by atoms with Gasteiger partial charge in [0, 0.05) is 13.5 Å². The number of hydrogen-bond acceptors (Lipinski definition) is 4. The third kappa shape index (κ3) is 3.19. The summed E-state index contributed by atoms with van der Waals surface area (Å²) >= 11 is 0. The van der Waals surface area contributed by atoms with Crippen LogP contribution in [0.15, 0.2) is 0 Å². The molecule has 0 saturated carbocycles. The first-order valence-electron chi connectivity index (χ1n) is 4.51. The van der Waals surface area contributed by atoms with E-state index in [1.165, 1.54) is 11.8 Å². The average Bonchev–Trinajstić information content (AvgIpc) is 1.99. The standard InChI is InChI=1S/C8H13NO5S/c1-6(10)9-2-3-15(13,14)5-7(9)4-8(11)12/h7H,2-5H2,1H3,(H,11,12). The number of carbonyl (C=O) groups excluding carboxylic acids is 1. The maximum absolute atomic E-state index is 11.3. The zero-order valence-electron chi connectivity index (χ0n) is 8.34. The van der Waals surface area contributed by atoms with Crippen molar-refractivity contribution in [3.8, 4) is 0 Å². The van der Waals surface area contributed by atoms with Crippen LogP contribution in [-0.2, 0) is 19.4 Å². The number of carboxylic acids is 1. The first kappa shape index (κ1) is 12.0. The van der Waals surface area contributed by atoms with Crippen molar-refractivity contribution in [2.45, 2.75) is 19.4 Å². The second kappa shape index (κ2) is 4.18. The molecule has 6 nitrogen and oxygen atoms in total. The van der Waals surface area contributed by atoms with E-state index in [1.807, 2.05) is 0 Å². The van der Waals surface area contributed by atoms with E-state index < -0.39 is 21.8 Å². The highest BCUT2D eigenvalue weighted by atomic mass is 32.2. The number of nitrogens with zero attached hydrogens (tertiary/aromatic N) is 1. The summed E-state index contributed by atoms with van der Waals surface area (Å²) < 4.78 is 22.6. The molecule has 7 heteroatoms. The molecule has 1 amide bonds. The predicted octanol–water partition coefficient (Wildman–Crippen LogP) is -0.893. The Morgan fingerprint density at radius 2 is 2.07 bits per heavy atom. The Labute approximate surface area is 87.8 Å². The molecular weight excluding hydrogens is 222 g/mol. The van der Waals surface area contributed by atoms with Crippen molar-refractivity contribution in [1.82, 2.24) is 4.90 Å². The smallest absolute Gasteiger partial charge is 0.305 e. The van der Waals surface area contributed by atoms with Crippen molar-refractivity contribution >= 4 is 21.7 Å². The van der Waals surface area contributed by atoms with Crippen LogP contribution in [0.3, 0.4) is 0 Å². The molecule has 1 fully saturated rings. The minimum absolute atomic E-state index is 0.0807. The van der Waals surface area contributed by atoms with Gasteiger partial charge in [-0.15, -0.1) is 0 Å². The second-order valence-electron chi connectivity index (χ2n) is 3.58. The van der Waals surface area contributed by atoms with Crippen LogP contribution in [0.2, 0.25) is 0 Å². The molecule has 1 atom stereocenters. The highest BCUT2D eigenvalue weighted by molar-refractivity contribution is 7.91. The molecule has 1 aliphatic heterocycles. The van der Waals surface area contributed by atoms with Crippen molar-refractivity contribution in [2.75, 3.05) is 18.1 Å². The minimum atomic E-state index is -3.20. The van der Waals surface area contributed by atoms with Gasteiger partial charge in [0.1, 0.15) is 0 Å². The number of carbonyl (C=O) groups is 2. The zero-order valence-corrected chi connectivity index (χ0v) is 9.16. The van der Waals surface area contributed by atoms with Gasteiger partial charge in [0.25, 0.3) is 0 Å². The number of amides is 1. The fraction of sp³-hybridized carbons (Fsp3) is 0.750. The topological polar surface area (TPSA) is 91.8 Å². The van der Waals surface area contributed by atoms with Gasteiger partial charge in [-0.05, 0) is 0 Å². The van der Waals surface area contributed by atoms with Gasteiger partial charge < -0.3 is 10.0 Å². The van der Waals surface area contributed by atoms with Gasteiger partial charge in [-0.3, -0.25) is 9.59 Å². The van der Waals surface area contributed by atoms with Gasteiger partial charge in [-0.25, -0.2) is 8.42 Å². The van der Waals surface area contributed by atoms with E-state index in [0.717, 1.165) is 0 Å². The summed E-state index contributed by atoms with van der Waals surface area (Å²) in [6.07, 6.45) is -0.321. The average molecular weight is 235 g/mol. The first-order chi connectivity index (χ1) is 6.82. The van der Waals surface area contributed by atoms with E-state index in [0.29, 0.717) is 0 Å². The Kier molecular flexibility index (Phi) is 3.33. The molecule has 1 aliphatic rings. The molecule has 0 bridgehead atoms. The van der Waals surface area contributed by atoms with Crippen molar-refractivity contribution in [1.29, 1.82) is 0 Å². The number of rotatable bonds is 2. The van der Waals surface area contributed by atoms with E-state index in [1.54, 1.807) is 0 Å². The number of hydrogen-bond donors (Lipinski definition) is 1. The maximum Gasteiger partial charge on any atom is 0.305 e. The van der Waals surface area contributed by atoms with E-state index >= 15 is 0 Å². The summed E-state index contributed by atoms with van der Waals surface area (Å²) in [5, 5.41) is 8.60. The van der Waals surface area contributed by atoms with Crippen molar-refractivity contribution < 1.29 is 23.1 Å². The molecule has 1 heterocycles. The lowest BCUT2D eigenvalue weighted by Gasteiger charge is -2.33. The Hall–Kier alpha value is -1.11. The summed E-state index contributed by atoms with van der Waals surface area (Å²) in [6, 6.07) is -0.723. The number of aliphatic carboxylic acids is 1. The van der Waals surface area contributed by atoms with E-state index in [-0.39, 0.29) is 30.4 Å². The molecule has 86 valence electrons. The van der Waals surface area contributed by atoms with Crippen LogP contribution in [0.25, 0.3) is 0 Å². The summed E-state index contributed by atoms with van der Waals surface area (Å²) in [5.41, 5.74) is 0. The van der Waals surface area contributed by atoms with Gasteiger partial charge in [-0.1, -0.05) is 0 Å². The van der Waals surface area contributed by atoms with Gasteiger partial charge in [-0.2, -0.15) is 0 Å². The molecule has 0 aliphatic carbocycles. The Bertz CT molecular complexity index is 374. The van der Waals surface area contributed by atoms with Crippen LogP contribution >= 0.6 is 0 Å². The largest absolute Gasteiger partial charge is 0.481 e. The predicted molar refractivity (Wildman–Crippen MR) is 52.1 cm³/mol. The second-order valence-corrected chi connectivity index (χ2v) is 5.81. The minimum Gasteiger partial charge on any atom is -0.481 e. The zero-order chi connectivity index (χ0) is 11.6. The fourth-order valence-electron chi connectivity index (χ4n) is 1.67. The first-order valence-corrected chi connectivity index (χ1v) is 6.33. The fourth-order valence-corrected chi connectivity index (χ4v) is 3.20. The van der Waals surface area contributed by atoms with Crippen molar-refractivity contribution in [2.24, 2.45) is 0 Å². The number of sulfone groups is 1. The van der Waals surface area contributed by atoms with Crippen LogP contribution < -0.4 is 0 Å². The maximum atomic E-state index is 11.3. The Balaban J connectivity index is 2.82. The molecule has 15 heavy (non-hydrogen) atoms. The highest BCUT2D eigenvalue weighted by Crippen LogP contribution is 2.14. The number of carboxylic acid groups (broad SMARTS) is 1.